The minimum absolute atomic E-state index is 0.659. The Morgan fingerprint density at radius 3 is 2.90 bits per heavy atom. The highest BCUT2D eigenvalue weighted by Crippen LogP contribution is 2.14. The second kappa shape index (κ2) is 8.22. The molecule has 0 unspecified atom stereocenters. The van der Waals surface area contributed by atoms with Gasteiger partial charge in [0.25, 0.3) is 0 Å². The summed E-state index contributed by atoms with van der Waals surface area (Å²) in [6, 6.07) is 4.06. The van der Waals surface area contributed by atoms with Crippen molar-refractivity contribution in [3.8, 4) is 5.88 Å². The maximum absolute atomic E-state index is 5.86. The van der Waals surface area contributed by atoms with Crippen molar-refractivity contribution in [2.75, 3.05) is 32.8 Å². The molecule has 2 rings (SSSR count). The van der Waals surface area contributed by atoms with Crippen LogP contribution in [0.15, 0.2) is 18.3 Å². The van der Waals surface area contributed by atoms with Crippen molar-refractivity contribution in [3.05, 3.63) is 23.9 Å². The van der Waals surface area contributed by atoms with Crippen LogP contribution >= 0.6 is 0 Å². The Labute approximate surface area is 122 Å². The van der Waals surface area contributed by atoms with E-state index in [0.29, 0.717) is 5.92 Å². The van der Waals surface area contributed by atoms with Crippen molar-refractivity contribution in [2.24, 2.45) is 5.92 Å². The number of nitrogens with one attached hydrogen (secondary N) is 1. The number of likely N-dealkylation sites (tertiary alicyclic amines) is 1. The van der Waals surface area contributed by atoms with Gasteiger partial charge in [0.05, 0.1) is 0 Å². The van der Waals surface area contributed by atoms with Gasteiger partial charge in [-0.25, -0.2) is 4.98 Å². The molecule has 0 aliphatic carbocycles. The molecule has 0 aromatic carbocycles. The lowest BCUT2D eigenvalue weighted by molar-refractivity contribution is 0.230. The summed E-state index contributed by atoms with van der Waals surface area (Å²) in [6.45, 7) is 10.4. The molecule has 1 aromatic heterocycles. The van der Waals surface area contributed by atoms with Gasteiger partial charge in [0, 0.05) is 24.8 Å². The van der Waals surface area contributed by atoms with Crippen LogP contribution in [0, 0.1) is 5.92 Å². The average Bonchev–Trinajstić information content (AvgIpc) is 2.93. The molecule has 0 saturated carbocycles. The molecule has 1 saturated heterocycles. The molecule has 0 spiro atoms. The summed E-state index contributed by atoms with van der Waals surface area (Å²) in [7, 11) is 0. The number of rotatable bonds is 8. The first-order valence-corrected chi connectivity index (χ1v) is 7.75. The highest BCUT2D eigenvalue weighted by Gasteiger charge is 2.11. The van der Waals surface area contributed by atoms with E-state index in [1.54, 1.807) is 6.20 Å². The molecule has 0 radical (unpaired) electrons. The van der Waals surface area contributed by atoms with E-state index in [1.807, 2.05) is 6.07 Å². The van der Waals surface area contributed by atoms with Gasteiger partial charge in [0.1, 0.15) is 6.61 Å². The van der Waals surface area contributed by atoms with E-state index < -0.39 is 0 Å². The van der Waals surface area contributed by atoms with Crippen molar-refractivity contribution in [1.82, 2.24) is 15.2 Å². The monoisotopic (exact) mass is 277 g/mol. The summed E-state index contributed by atoms with van der Waals surface area (Å²) < 4.78 is 5.86. The van der Waals surface area contributed by atoms with Crippen molar-refractivity contribution >= 4 is 0 Å². The molecule has 4 nitrogen and oxygen atoms in total. The fourth-order valence-electron chi connectivity index (χ4n) is 2.46. The van der Waals surface area contributed by atoms with Gasteiger partial charge in [-0.2, -0.15) is 0 Å². The molecule has 0 bridgehead atoms. The summed E-state index contributed by atoms with van der Waals surface area (Å²) in [4.78, 5) is 6.82. The largest absolute Gasteiger partial charge is 0.476 e. The van der Waals surface area contributed by atoms with Crippen LogP contribution in [-0.4, -0.2) is 42.7 Å². The number of hydrogen-bond donors (Lipinski definition) is 1. The van der Waals surface area contributed by atoms with E-state index in [0.717, 1.165) is 37.7 Å². The quantitative estimate of drug-likeness (QED) is 0.791. The number of nitrogens with zero attached hydrogens (tertiary/aromatic N) is 2. The van der Waals surface area contributed by atoms with Crippen LogP contribution in [0.1, 0.15) is 32.3 Å². The Morgan fingerprint density at radius 2 is 2.15 bits per heavy atom. The van der Waals surface area contributed by atoms with Crippen molar-refractivity contribution in [1.29, 1.82) is 0 Å². The second-order valence-corrected chi connectivity index (χ2v) is 5.89. The molecule has 0 atom stereocenters. The smallest absolute Gasteiger partial charge is 0.217 e. The van der Waals surface area contributed by atoms with Gasteiger partial charge in [-0.1, -0.05) is 19.9 Å². The minimum Gasteiger partial charge on any atom is -0.476 e. The third-order valence-corrected chi connectivity index (χ3v) is 3.56. The van der Waals surface area contributed by atoms with E-state index >= 15 is 0 Å². The lowest BCUT2D eigenvalue weighted by Gasteiger charge is -2.16. The molecule has 1 aliphatic rings. The highest BCUT2D eigenvalue weighted by atomic mass is 16.5. The zero-order valence-corrected chi connectivity index (χ0v) is 12.8. The normalized spacial score (nSPS) is 15.9. The van der Waals surface area contributed by atoms with E-state index in [2.05, 4.69) is 35.1 Å². The average molecular weight is 277 g/mol. The van der Waals surface area contributed by atoms with E-state index in [1.165, 1.54) is 25.9 Å². The molecule has 1 aromatic rings. The Kier molecular flexibility index (Phi) is 6.27. The molecule has 112 valence electrons. The molecular weight excluding hydrogens is 250 g/mol. The molecular formula is C16H27N3O. The Balaban J connectivity index is 1.77. The van der Waals surface area contributed by atoms with Gasteiger partial charge in [-0.15, -0.1) is 0 Å². The Hall–Kier alpha value is -1.13. The predicted octanol–water partition coefficient (Wildman–Crippen LogP) is 2.30. The molecule has 20 heavy (non-hydrogen) atoms. The first kappa shape index (κ1) is 15.3. The maximum atomic E-state index is 5.86. The van der Waals surface area contributed by atoms with E-state index in [9.17, 15) is 0 Å². The van der Waals surface area contributed by atoms with Crippen LogP contribution in [0.2, 0.25) is 0 Å². The first-order chi connectivity index (χ1) is 9.75. The van der Waals surface area contributed by atoms with Crippen LogP contribution in [0.4, 0.5) is 0 Å². The number of aromatic nitrogens is 1. The van der Waals surface area contributed by atoms with Crippen molar-refractivity contribution in [2.45, 2.75) is 33.2 Å². The van der Waals surface area contributed by atoms with Crippen molar-refractivity contribution < 1.29 is 4.74 Å². The SMILES string of the molecule is CC(C)CNCc1cccnc1OCCN1CCCC1. The fraction of sp³-hybridized carbons (Fsp3) is 0.688. The van der Waals surface area contributed by atoms with Crippen molar-refractivity contribution in [3.63, 3.8) is 0 Å². The zero-order valence-electron chi connectivity index (χ0n) is 12.8. The summed E-state index contributed by atoms with van der Waals surface area (Å²) in [5.41, 5.74) is 1.15. The predicted molar refractivity (Wildman–Crippen MR) is 82.0 cm³/mol. The molecule has 0 amide bonds. The topological polar surface area (TPSA) is 37.4 Å². The minimum atomic E-state index is 0.659. The number of ether oxygens (including phenoxy) is 1. The molecule has 1 aliphatic heterocycles. The fourth-order valence-corrected chi connectivity index (χ4v) is 2.46. The van der Waals surface area contributed by atoms with E-state index in [4.69, 9.17) is 4.74 Å². The summed E-state index contributed by atoms with van der Waals surface area (Å²) in [6.07, 6.45) is 4.46. The zero-order chi connectivity index (χ0) is 14.2. The van der Waals surface area contributed by atoms with Gasteiger partial charge >= 0.3 is 0 Å². The van der Waals surface area contributed by atoms with Crippen LogP contribution < -0.4 is 10.1 Å². The maximum Gasteiger partial charge on any atom is 0.217 e. The lowest BCUT2D eigenvalue weighted by Crippen LogP contribution is -2.25. The van der Waals surface area contributed by atoms with Crippen LogP contribution in [-0.2, 0) is 6.54 Å². The third kappa shape index (κ3) is 5.10. The van der Waals surface area contributed by atoms with E-state index in [-0.39, 0.29) is 0 Å². The van der Waals surface area contributed by atoms with Gasteiger partial charge < -0.3 is 10.1 Å². The first-order valence-electron chi connectivity index (χ1n) is 7.75. The Bertz CT molecular complexity index is 389. The molecule has 1 N–H and O–H groups in total. The highest BCUT2D eigenvalue weighted by molar-refractivity contribution is 5.25. The van der Waals surface area contributed by atoms with Crippen LogP contribution in [0.25, 0.3) is 0 Å². The summed E-state index contributed by atoms with van der Waals surface area (Å²) in [5, 5.41) is 3.44. The third-order valence-electron chi connectivity index (χ3n) is 3.56. The van der Waals surface area contributed by atoms with Gasteiger partial charge in [0.2, 0.25) is 5.88 Å². The van der Waals surface area contributed by atoms with Gasteiger partial charge in [-0.05, 0) is 44.5 Å². The summed E-state index contributed by atoms with van der Waals surface area (Å²) >= 11 is 0. The van der Waals surface area contributed by atoms with Crippen LogP contribution in [0.5, 0.6) is 5.88 Å². The number of pyridine rings is 1. The Morgan fingerprint density at radius 1 is 1.35 bits per heavy atom. The second-order valence-electron chi connectivity index (χ2n) is 5.89. The van der Waals surface area contributed by atoms with Crippen LogP contribution in [0.3, 0.4) is 0 Å². The summed E-state index contributed by atoms with van der Waals surface area (Å²) in [5.74, 6) is 1.44. The lowest BCUT2D eigenvalue weighted by atomic mass is 10.2. The number of hydrogen-bond acceptors (Lipinski definition) is 4. The molecule has 2 heterocycles. The standard InChI is InChI=1S/C16H27N3O/c1-14(2)12-17-13-15-6-5-7-18-16(15)20-11-10-19-8-3-4-9-19/h5-7,14,17H,3-4,8-13H2,1-2H3. The van der Waals surface area contributed by atoms with Gasteiger partial charge in [0.15, 0.2) is 0 Å². The van der Waals surface area contributed by atoms with Gasteiger partial charge in [-0.3, -0.25) is 4.90 Å². The molecule has 1 fully saturated rings. The molecule has 4 heteroatoms.